The van der Waals surface area contributed by atoms with Crippen molar-refractivity contribution in [2.24, 2.45) is 5.92 Å². The summed E-state index contributed by atoms with van der Waals surface area (Å²) in [5.74, 6) is -1.33. The average molecular weight is 258 g/mol. The average Bonchev–Trinajstić information content (AvgIpc) is 2.24. The third kappa shape index (κ3) is 3.68. The van der Waals surface area contributed by atoms with Crippen molar-refractivity contribution in [1.29, 1.82) is 0 Å². The maximum atomic E-state index is 12.3. The van der Waals surface area contributed by atoms with Crippen LogP contribution in [0.3, 0.4) is 0 Å². The summed E-state index contributed by atoms with van der Waals surface area (Å²) in [7, 11) is 0. The number of halogens is 3. The van der Waals surface area contributed by atoms with Crippen molar-refractivity contribution >= 4 is 11.6 Å². The van der Waals surface area contributed by atoms with E-state index in [9.17, 15) is 22.8 Å². The van der Waals surface area contributed by atoms with E-state index < -0.39 is 17.7 Å². The van der Waals surface area contributed by atoms with Crippen molar-refractivity contribution < 1.29 is 22.8 Å². The van der Waals surface area contributed by atoms with Crippen molar-refractivity contribution in [3.63, 3.8) is 0 Å². The molecule has 0 saturated heterocycles. The number of rotatable bonds is 4. The Morgan fingerprint density at radius 3 is 1.83 bits per heavy atom. The Bertz CT molecular complexity index is 432. The zero-order chi connectivity index (χ0) is 13.9. The maximum Gasteiger partial charge on any atom is 0.416 e. The summed E-state index contributed by atoms with van der Waals surface area (Å²) in [4.78, 5) is 22.4. The normalized spacial score (nSPS) is 11.7. The van der Waals surface area contributed by atoms with Crippen LogP contribution in [0, 0.1) is 5.92 Å². The number of hydrogen-bond donors (Lipinski definition) is 0. The number of hydrogen-bond acceptors (Lipinski definition) is 2. The molecule has 0 heterocycles. The molecule has 1 rings (SSSR count). The first-order valence-electron chi connectivity index (χ1n) is 5.39. The van der Waals surface area contributed by atoms with Gasteiger partial charge in [-0.05, 0) is 38.0 Å². The third-order valence-corrected chi connectivity index (χ3v) is 2.70. The molecule has 0 N–H and O–H groups in total. The molecule has 0 atom stereocenters. The van der Waals surface area contributed by atoms with Crippen molar-refractivity contribution in [3.05, 3.63) is 35.4 Å². The van der Waals surface area contributed by atoms with E-state index in [0.717, 1.165) is 12.1 Å². The molecule has 0 aromatic heterocycles. The quantitative estimate of drug-likeness (QED) is 0.778. The minimum absolute atomic E-state index is 0.142. The van der Waals surface area contributed by atoms with Crippen LogP contribution in [0.4, 0.5) is 13.2 Å². The number of alkyl halides is 3. The van der Waals surface area contributed by atoms with Gasteiger partial charge in [-0.1, -0.05) is 12.1 Å². The van der Waals surface area contributed by atoms with Gasteiger partial charge in [0.25, 0.3) is 0 Å². The van der Waals surface area contributed by atoms with Crippen molar-refractivity contribution in [1.82, 2.24) is 0 Å². The van der Waals surface area contributed by atoms with Crippen molar-refractivity contribution in [3.8, 4) is 0 Å². The van der Waals surface area contributed by atoms with E-state index in [-0.39, 0.29) is 18.0 Å². The van der Waals surface area contributed by atoms with Crippen LogP contribution in [-0.4, -0.2) is 11.6 Å². The highest BCUT2D eigenvalue weighted by Gasteiger charge is 2.30. The van der Waals surface area contributed by atoms with Gasteiger partial charge in [0.15, 0.2) is 0 Å². The van der Waals surface area contributed by atoms with Gasteiger partial charge in [-0.2, -0.15) is 13.2 Å². The molecule has 0 radical (unpaired) electrons. The summed E-state index contributed by atoms with van der Waals surface area (Å²) < 4.78 is 37.0. The molecule has 0 spiro atoms. The van der Waals surface area contributed by atoms with Gasteiger partial charge in [0.05, 0.1) is 11.5 Å². The van der Waals surface area contributed by atoms with Gasteiger partial charge in [0.2, 0.25) is 0 Å². The second-order valence-corrected chi connectivity index (χ2v) is 4.17. The standard InChI is InChI=1S/C13H13F3O2/c1-8(17)12(9(2)18)7-10-3-5-11(6-4-10)13(14,15)16/h3-6,12H,7H2,1-2H3. The zero-order valence-corrected chi connectivity index (χ0v) is 10.0. The number of ketones is 2. The van der Waals surface area contributed by atoms with Gasteiger partial charge < -0.3 is 0 Å². The number of Topliss-reactive ketones (excluding diaryl/α,β-unsaturated/α-hetero) is 2. The minimum Gasteiger partial charge on any atom is -0.299 e. The fraction of sp³-hybridized carbons (Fsp3) is 0.385. The Labute approximate surface area is 103 Å². The highest BCUT2D eigenvalue weighted by molar-refractivity contribution is 6.00. The van der Waals surface area contributed by atoms with Crippen LogP contribution < -0.4 is 0 Å². The van der Waals surface area contributed by atoms with E-state index in [4.69, 9.17) is 0 Å². The van der Waals surface area contributed by atoms with E-state index in [1.54, 1.807) is 0 Å². The van der Waals surface area contributed by atoms with Crippen LogP contribution in [0.25, 0.3) is 0 Å². The van der Waals surface area contributed by atoms with Crippen LogP contribution >= 0.6 is 0 Å². The molecule has 0 unspecified atom stereocenters. The molecule has 1 aromatic carbocycles. The van der Waals surface area contributed by atoms with Crippen LogP contribution in [0.5, 0.6) is 0 Å². The van der Waals surface area contributed by atoms with Crippen molar-refractivity contribution in [2.75, 3.05) is 0 Å². The van der Waals surface area contributed by atoms with Gasteiger partial charge in [-0.25, -0.2) is 0 Å². The van der Waals surface area contributed by atoms with Crippen LogP contribution in [0.1, 0.15) is 25.0 Å². The van der Waals surface area contributed by atoms with Gasteiger partial charge in [-0.3, -0.25) is 9.59 Å². The molecule has 0 aliphatic carbocycles. The molecule has 0 fully saturated rings. The Balaban J connectivity index is 2.86. The predicted octanol–water partition coefficient (Wildman–Crippen LogP) is 3.04. The molecular formula is C13H13F3O2. The Morgan fingerprint density at radius 1 is 1.06 bits per heavy atom. The molecule has 2 nitrogen and oxygen atoms in total. The molecule has 0 saturated carbocycles. The summed E-state index contributed by atoms with van der Waals surface area (Å²) >= 11 is 0. The van der Waals surface area contributed by atoms with Crippen LogP contribution in [0.15, 0.2) is 24.3 Å². The molecule has 0 bridgehead atoms. The van der Waals surface area contributed by atoms with E-state index >= 15 is 0 Å². The SMILES string of the molecule is CC(=O)C(Cc1ccc(C(F)(F)F)cc1)C(C)=O. The smallest absolute Gasteiger partial charge is 0.299 e. The highest BCUT2D eigenvalue weighted by Crippen LogP contribution is 2.29. The Hall–Kier alpha value is -1.65. The van der Waals surface area contributed by atoms with Crippen molar-refractivity contribution in [2.45, 2.75) is 26.4 Å². The third-order valence-electron chi connectivity index (χ3n) is 2.70. The fourth-order valence-corrected chi connectivity index (χ4v) is 1.64. The van der Waals surface area contributed by atoms with E-state index in [0.29, 0.717) is 5.56 Å². The first-order chi connectivity index (χ1) is 8.21. The van der Waals surface area contributed by atoms with Gasteiger partial charge in [-0.15, -0.1) is 0 Å². The van der Waals surface area contributed by atoms with Crippen LogP contribution in [0.2, 0.25) is 0 Å². The summed E-state index contributed by atoms with van der Waals surface area (Å²) in [6.45, 7) is 2.60. The van der Waals surface area contributed by atoms with E-state index in [1.165, 1.54) is 26.0 Å². The number of carbonyl (C=O) groups is 2. The topological polar surface area (TPSA) is 34.1 Å². The van der Waals surface area contributed by atoms with Gasteiger partial charge in [0, 0.05) is 0 Å². The summed E-state index contributed by atoms with van der Waals surface area (Å²) in [6, 6.07) is 4.49. The predicted molar refractivity (Wildman–Crippen MR) is 60.0 cm³/mol. The number of carbonyl (C=O) groups excluding carboxylic acids is 2. The molecule has 1 aromatic rings. The maximum absolute atomic E-state index is 12.3. The fourth-order valence-electron chi connectivity index (χ4n) is 1.64. The van der Waals surface area contributed by atoms with Crippen LogP contribution in [-0.2, 0) is 22.2 Å². The largest absolute Gasteiger partial charge is 0.416 e. The second kappa shape index (κ2) is 5.33. The Morgan fingerprint density at radius 2 is 1.50 bits per heavy atom. The molecule has 98 valence electrons. The lowest BCUT2D eigenvalue weighted by Crippen LogP contribution is -2.21. The van der Waals surface area contributed by atoms with E-state index in [2.05, 4.69) is 0 Å². The molecule has 18 heavy (non-hydrogen) atoms. The zero-order valence-electron chi connectivity index (χ0n) is 10.0. The monoisotopic (exact) mass is 258 g/mol. The Kier molecular flexibility index (Phi) is 4.27. The molecule has 5 heteroatoms. The lowest BCUT2D eigenvalue weighted by Gasteiger charge is -2.11. The minimum atomic E-state index is -4.38. The molecule has 0 aliphatic rings. The molecule has 0 aliphatic heterocycles. The van der Waals surface area contributed by atoms with Gasteiger partial charge >= 0.3 is 6.18 Å². The molecular weight excluding hydrogens is 245 g/mol. The molecule has 0 amide bonds. The summed E-state index contributed by atoms with van der Waals surface area (Å²) in [6.07, 6.45) is -4.23. The first-order valence-corrected chi connectivity index (χ1v) is 5.39. The summed E-state index contributed by atoms with van der Waals surface area (Å²) in [5, 5.41) is 0. The highest BCUT2D eigenvalue weighted by atomic mass is 19.4. The van der Waals surface area contributed by atoms with Gasteiger partial charge in [0.1, 0.15) is 11.6 Å². The summed E-state index contributed by atoms with van der Waals surface area (Å²) in [5.41, 5.74) is -0.202. The lowest BCUT2D eigenvalue weighted by molar-refractivity contribution is -0.137. The lowest BCUT2D eigenvalue weighted by atomic mass is 9.92. The first kappa shape index (κ1) is 14.4. The van der Waals surface area contributed by atoms with E-state index in [1.807, 2.05) is 0 Å². The second-order valence-electron chi connectivity index (χ2n) is 4.17. The number of benzene rings is 1.